The minimum atomic E-state index is -0.266. The molecule has 0 radical (unpaired) electrons. The summed E-state index contributed by atoms with van der Waals surface area (Å²) in [6.45, 7) is 3.51. The number of aryl methyl sites for hydroxylation is 1. The number of H-pyrrole nitrogens is 1. The SMILES string of the molecule is Cc1cc(F)cc(-c2cnnc(-c3cc4c(Cl)cccc4[nH]3)c2N2CCC(N)CC2)c1. The largest absolute Gasteiger partial charge is 0.369 e. The van der Waals surface area contributed by atoms with E-state index in [4.69, 9.17) is 17.3 Å². The topological polar surface area (TPSA) is 70.8 Å². The van der Waals surface area contributed by atoms with Crippen molar-refractivity contribution in [2.75, 3.05) is 18.0 Å². The number of hydrogen-bond acceptors (Lipinski definition) is 4. The van der Waals surface area contributed by atoms with E-state index in [2.05, 4.69) is 20.1 Å². The Morgan fingerprint density at radius 1 is 1.16 bits per heavy atom. The van der Waals surface area contributed by atoms with Gasteiger partial charge in [-0.1, -0.05) is 23.7 Å². The first-order valence-electron chi connectivity index (χ1n) is 10.4. The molecule has 31 heavy (non-hydrogen) atoms. The number of aromatic nitrogens is 3. The molecule has 2 aromatic carbocycles. The van der Waals surface area contributed by atoms with Gasteiger partial charge in [-0.05, 0) is 61.2 Å². The predicted octanol–water partition coefficient (Wildman–Crippen LogP) is 5.32. The molecule has 3 heterocycles. The summed E-state index contributed by atoms with van der Waals surface area (Å²) in [6.07, 6.45) is 3.50. The van der Waals surface area contributed by atoms with Crippen molar-refractivity contribution in [2.45, 2.75) is 25.8 Å². The highest BCUT2D eigenvalue weighted by Crippen LogP contribution is 2.40. The second kappa shape index (κ2) is 7.94. The van der Waals surface area contributed by atoms with Gasteiger partial charge < -0.3 is 15.6 Å². The van der Waals surface area contributed by atoms with Crippen LogP contribution in [0.2, 0.25) is 5.02 Å². The normalized spacial score (nSPS) is 15.0. The van der Waals surface area contributed by atoms with E-state index in [0.29, 0.717) is 5.02 Å². The number of nitrogens with one attached hydrogen (secondary N) is 1. The number of rotatable bonds is 3. The first-order valence-corrected chi connectivity index (χ1v) is 10.8. The van der Waals surface area contributed by atoms with E-state index in [-0.39, 0.29) is 11.9 Å². The third-order valence-corrected chi connectivity index (χ3v) is 6.23. The first kappa shape index (κ1) is 20.0. The Balaban J connectivity index is 1.73. The molecule has 0 amide bonds. The summed E-state index contributed by atoms with van der Waals surface area (Å²) in [5.74, 6) is -0.266. The van der Waals surface area contributed by atoms with Crippen molar-refractivity contribution in [3.8, 4) is 22.5 Å². The fourth-order valence-corrected chi connectivity index (χ4v) is 4.58. The number of fused-ring (bicyclic) bond motifs is 1. The summed E-state index contributed by atoms with van der Waals surface area (Å²) >= 11 is 6.40. The van der Waals surface area contributed by atoms with Gasteiger partial charge in [-0.15, -0.1) is 5.10 Å². The van der Waals surface area contributed by atoms with E-state index in [1.54, 1.807) is 12.3 Å². The van der Waals surface area contributed by atoms with Gasteiger partial charge in [0.15, 0.2) is 0 Å². The van der Waals surface area contributed by atoms with Gasteiger partial charge in [0.05, 0.1) is 17.6 Å². The summed E-state index contributed by atoms with van der Waals surface area (Å²) in [7, 11) is 0. The van der Waals surface area contributed by atoms with E-state index in [9.17, 15) is 4.39 Å². The van der Waals surface area contributed by atoms with Crippen LogP contribution in [0, 0.1) is 12.7 Å². The number of benzene rings is 2. The third-order valence-electron chi connectivity index (χ3n) is 5.90. The summed E-state index contributed by atoms with van der Waals surface area (Å²) in [6, 6.07) is 13.0. The number of hydrogen-bond donors (Lipinski definition) is 2. The zero-order chi connectivity index (χ0) is 21.5. The average molecular weight is 436 g/mol. The van der Waals surface area contributed by atoms with E-state index in [1.165, 1.54) is 6.07 Å². The van der Waals surface area contributed by atoms with E-state index < -0.39 is 0 Å². The van der Waals surface area contributed by atoms with Crippen molar-refractivity contribution < 1.29 is 4.39 Å². The molecule has 2 aromatic heterocycles. The Morgan fingerprint density at radius 2 is 1.97 bits per heavy atom. The van der Waals surface area contributed by atoms with Gasteiger partial charge in [-0.3, -0.25) is 0 Å². The summed E-state index contributed by atoms with van der Waals surface area (Å²) in [5.41, 5.74) is 12.1. The lowest BCUT2D eigenvalue weighted by atomic mass is 9.98. The predicted molar refractivity (Wildman–Crippen MR) is 124 cm³/mol. The fraction of sp³-hybridized carbons (Fsp3) is 0.250. The maximum Gasteiger partial charge on any atom is 0.133 e. The molecule has 1 fully saturated rings. The number of nitrogens with two attached hydrogens (primary N) is 1. The highest BCUT2D eigenvalue weighted by molar-refractivity contribution is 6.35. The van der Waals surface area contributed by atoms with Crippen LogP contribution in [0.1, 0.15) is 18.4 Å². The monoisotopic (exact) mass is 435 g/mol. The summed E-state index contributed by atoms with van der Waals surface area (Å²) in [5, 5.41) is 10.4. The molecule has 1 aliphatic rings. The molecule has 0 saturated carbocycles. The molecule has 3 N–H and O–H groups in total. The first-order chi connectivity index (χ1) is 15.0. The van der Waals surface area contributed by atoms with Crippen LogP contribution >= 0.6 is 11.6 Å². The molecule has 1 saturated heterocycles. The van der Waals surface area contributed by atoms with Crippen molar-refractivity contribution in [1.29, 1.82) is 0 Å². The average Bonchev–Trinajstić information content (AvgIpc) is 3.19. The zero-order valence-corrected chi connectivity index (χ0v) is 18.0. The van der Waals surface area contributed by atoms with E-state index >= 15 is 0 Å². The lowest BCUT2D eigenvalue weighted by molar-refractivity contribution is 0.501. The van der Waals surface area contributed by atoms with Gasteiger partial charge in [-0.2, -0.15) is 5.10 Å². The number of nitrogens with zero attached hydrogens (tertiary/aromatic N) is 3. The smallest absolute Gasteiger partial charge is 0.133 e. The maximum absolute atomic E-state index is 14.3. The van der Waals surface area contributed by atoms with Crippen LogP contribution in [0.15, 0.2) is 48.7 Å². The van der Waals surface area contributed by atoms with E-state index in [0.717, 1.165) is 70.6 Å². The Labute approximate surface area is 185 Å². The second-order valence-electron chi connectivity index (χ2n) is 8.18. The molecule has 158 valence electrons. The van der Waals surface area contributed by atoms with Crippen LogP contribution < -0.4 is 10.6 Å². The Hall–Kier alpha value is -2.96. The Kier molecular flexibility index (Phi) is 5.12. The van der Waals surface area contributed by atoms with Crippen LogP contribution in [0.4, 0.5) is 10.1 Å². The van der Waals surface area contributed by atoms with Crippen LogP contribution in [0.25, 0.3) is 33.4 Å². The van der Waals surface area contributed by atoms with Gasteiger partial charge in [-0.25, -0.2) is 4.39 Å². The Morgan fingerprint density at radius 3 is 2.71 bits per heavy atom. The molecule has 1 aliphatic heterocycles. The molecule has 5 nitrogen and oxygen atoms in total. The number of halogens is 2. The minimum Gasteiger partial charge on any atom is -0.369 e. The molecular formula is C24H23ClFN5. The molecule has 5 rings (SSSR count). The van der Waals surface area contributed by atoms with Crippen molar-refractivity contribution in [2.24, 2.45) is 5.73 Å². The minimum absolute atomic E-state index is 0.196. The number of aromatic amines is 1. The van der Waals surface area contributed by atoms with Crippen molar-refractivity contribution in [1.82, 2.24) is 15.2 Å². The summed E-state index contributed by atoms with van der Waals surface area (Å²) in [4.78, 5) is 5.72. The van der Waals surface area contributed by atoms with Crippen LogP contribution in [0.3, 0.4) is 0 Å². The highest BCUT2D eigenvalue weighted by Gasteiger charge is 2.25. The van der Waals surface area contributed by atoms with Crippen LogP contribution in [-0.4, -0.2) is 34.3 Å². The molecule has 7 heteroatoms. The summed E-state index contributed by atoms with van der Waals surface area (Å²) < 4.78 is 14.3. The van der Waals surface area contributed by atoms with Gasteiger partial charge in [0.2, 0.25) is 0 Å². The third kappa shape index (κ3) is 3.77. The van der Waals surface area contributed by atoms with Crippen LogP contribution in [0.5, 0.6) is 0 Å². The van der Waals surface area contributed by atoms with Crippen molar-refractivity contribution in [3.63, 3.8) is 0 Å². The lowest BCUT2D eigenvalue weighted by Crippen LogP contribution is -2.40. The maximum atomic E-state index is 14.3. The van der Waals surface area contributed by atoms with E-state index in [1.807, 2.05) is 37.3 Å². The highest BCUT2D eigenvalue weighted by atomic mass is 35.5. The lowest BCUT2D eigenvalue weighted by Gasteiger charge is -2.34. The van der Waals surface area contributed by atoms with Gasteiger partial charge in [0.1, 0.15) is 11.5 Å². The molecule has 0 spiro atoms. The quantitative estimate of drug-likeness (QED) is 0.457. The molecular weight excluding hydrogens is 413 g/mol. The molecule has 4 aromatic rings. The Bertz CT molecular complexity index is 1240. The molecule has 0 atom stereocenters. The molecule has 0 unspecified atom stereocenters. The number of anilines is 1. The van der Waals surface area contributed by atoms with Crippen molar-refractivity contribution in [3.05, 3.63) is 65.1 Å². The van der Waals surface area contributed by atoms with Crippen LogP contribution in [-0.2, 0) is 0 Å². The number of piperidine rings is 1. The molecule has 0 aliphatic carbocycles. The van der Waals surface area contributed by atoms with Crippen molar-refractivity contribution >= 4 is 28.2 Å². The van der Waals surface area contributed by atoms with Gasteiger partial charge in [0.25, 0.3) is 0 Å². The van der Waals surface area contributed by atoms with Gasteiger partial charge in [0, 0.05) is 40.6 Å². The van der Waals surface area contributed by atoms with Gasteiger partial charge >= 0.3 is 0 Å². The fourth-order valence-electron chi connectivity index (χ4n) is 4.35. The molecule has 0 bridgehead atoms. The standard InChI is InChI=1S/C24H23ClFN5/c1-14-9-15(11-16(26)10-14)19-13-28-30-23(24(19)31-7-5-17(27)6-8-31)22-12-18-20(25)3-2-4-21(18)29-22/h2-4,9-13,17,29H,5-8,27H2,1H3. The zero-order valence-electron chi connectivity index (χ0n) is 17.2. The second-order valence-corrected chi connectivity index (χ2v) is 8.59.